The molecule has 2 aliphatic heterocycles. The number of hydrogen-bond acceptors (Lipinski definition) is 4. The quantitative estimate of drug-likeness (QED) is 0.840. The predicted molar refractivity (Wildman–Crippen MR) is 93.2 cm³/mol. The van der Waals surface area contributed by atoms with E-state index < -0.39 is 32.3 Å². The second-order valence-corrected chi connectivity index (χ2v) is 9.14. The number of benzene rings is 2. The second-order valence-electron chi connectivity index (χ2n) is 6.50. The minimum absolute atomic E-state index is 0.0205. The molecule has 2 atom stereocenters. The van der Waals surface area contributed by atoms with Gasteiger partial charge in [-0.1, -0.05) is 11.6 Å². The molecule has 1 fully saturated rings. The summed E-state index contributed by atoms with van der Waals surface area (Å²) in [6.07, 6.45) is 0.686. The summed E-state index contributed by atoms with van der Waals surface area (Å²) in [6.45, 7) is 0.526. The van der Waals surface area contributed by atoms with Crippen molar-refractivity contribution in [1.29, 1.82) is 0 Å². The van der Waals surface area contributed by atoms with Gasteiger partial charge in [0, 0.05) is 5.02 Å². The normalized spacial score (nSPS) is 25.1. The Balaban J connectivity index is 2.02. The molecular weight excluding hydrogens is 384 g/mol. The summed E-state index contributed by atoms with van der Waals surface area (Å²) >= 11 is 5.87. The van der Waals surface area contributed by atoms with Crippen LogP contribution in [0, 0.1) is 11.6 Å². The summed E-state index contributed by atoms with van der Waals surface area (Å²) in [5, 5.41) is 3.51. The van der Waals surface area contributed by atoms with Gasteiger partial charge < -0.3 is 10.1 Å². The van der Waals surface area contributed by atoms with Crippen LogP contribution in [0.2, 0.25) is 5.02 Å². The first-order valence-electron chi connectivity index (χ1n) is 8.23. The van der Waals surface area contributed by atoms with E-state index in [-0.39, 0.29) is 29.2 Å². The lowest BCUT2D eigenvalue weighted by molar-refractivity contribution is 0.157. The lowest BCUT2D eigenvalue weighted by Gasteiger charge is -2.47. The van der Waals surface area contributed by atoms with E-state index >= 15 is 0 Å². The van der Waals surface area contributed by atoms with Crippen molar-refractivity contribution >= 4 is 21.4 Å². The van der Waals surface area contributed by atoms with Crippen LogP contribution in [0.25, 0.3) is 0 Å². The third-order valence-corrected chi connectivity index (χ3v) is 7.95. The molecule has 0 radical (unpaired) electrons. The molecule has 2 aliphatic rings. The Hall–Kier alpha value is -1.70. The minimum Gasteiger partial charge on any atom is -0.488 e. The van der Waals surface area contributed by atoms with Gasteiger partial charge in [0.05, 0.1) is 16.5 Å². The summed E-state index contributed by atoms with van der Waals surface area (Å²) in [5.74, 6) is -1.87. The van der Waals surface area contributed by atoms with Gasteiger partial charge in [-0.25, -0.2) is 17.2 Å². The monoisotopic (exact) mass is 399 g/mol. The molecule has 0 aliphatic carbocycles. The first-order chi connectivity index (χ1) is 12.4. The van der Waals surface area contributed by atoms with Gasteiger partial charge in [-0.3, -0.25) is 0 Å². The molecule has 4 rings (SSSR count). The zero-order valence-corrected chi connectivity index (χ0v) is 15.2. The lowest BCUT2D eigenvalue weighted by atomic mass is 9.81. The zero-order valence-electron chi connectivity index (χ0n) is 13.6. The van der Waals surface area contributed by atoms with Crippen LogP contribution in [0.15, 0.2) is 41.3 Å². The van der Waals surface area contributed by atoms with E-state index in [0.717, 1.165) is 12.1 Å². The van der Waals surface area contributed by atoms with Crippen molar-refractivity contribution in [3.63, 3.8) is 0 Å². The molecule has 1 saturated heterocycles. The number of rotatable bonds is 2. The van der Waals surface area contributed by atoms with Crippen molar-refractivity contribution in [1.82, 2.24) is 5.32 Å². The fourth-order valence-corrected chi connectivity index (χ4v) is 6.41. The van der Waals surface area contributed by atoms with Gasteiger partial charge in [-0.15, -0.1) is 0 Å². The third-order valence-electron chi connectivity index (χ3n) is 5.16. The fourth-order valence-electron chi connectivity index (χ4n) is 3.97. The molecule has 2 aromatic carbocycles. The number of ether oxygens (including phenoxy) is 1. The standard InChI is InChI=1S/C18H16ClF2NO3S/c19-11-2-4-12(5-3-11)26(23,24)18-8-1-9-22-15(18)10-25-17-14(21)7-6-13(20)16(17)18/h2-7,15,22H,1,8-10H2/t15-,18-/m0/s1. The van der Waals surface area contributed by atoms with E-state index in [0.29, 0.717) is 18.0 Å². The average Bonchev–Trinajstić information content (AvgIpc) is 2.64. The molecule has 2 aromatic rings. The number of fused-ring (bicyclic) bond motifs is 3. The van der Waals surface area contributed by atoms with E-state index in [4.69, 9.17) is 16.3 Å². The van der Waals surface area contributed by atoms with Crippen LogP contribution in [-0.4, -0.2) is 27.6 Å². The Labute approximate surface area is 155 Å². The SMILES string of the molecule is O=S(=O)(c1ccc(Cl)cc1)[C@@]12CCCN[C@H]1COc1c(F)ccc(F)c12. The molecule has 1 N–H and O–H groups in total. The fraction of sp³-hybridized carbons (Fsp3) is 0.333. The average molecular weight is 400 g/mol. The molecule has 0 bridgehead atoms. The number of piperidine rings is 1. The van der Waals surface area contributed by atoms with Gasteiger partial charge in [-0.05, 0) is 55.8 Å². The first kappa shape index (κ1) is 17.7. The van der Waals surface area contributed by atoms with Crippen LogP contribution in [0.1, 0.15) is 18.4 Å². The largest absolute Gasteiger partial charge is 0.488 e. The summed E-state index contributed by atoms with van der Waals surface area (Å²) in [6, 6.07) is 6.95. The summed E-state index contributed by atoms with van der Waals surface area (Å²) in [4.78, 5) is 0.0205. The molecule has 2 heterocycles. The van der Waals surface area contributed by atoms with E-state index in [2.05, 4.69) is 5.32 Å². The highest BCUT2D eigenvalue weighted by atomic mass is 35.5. The van der Waals surface area contributed by atoms with Gasteiger partial charge in [0.1, 0.15) is 17.2 Å². The summed E-state index contributed by atoms with van der Waals surface area (Å²) < 4.78 is 60.2. The maximum absolute atomic E-state index is 14.8. The second kappa shape index (κ2) is 6.18. The van der Waals surface area contributed by atoms with Crippen LogP contribution in [0.5, 0.6) is 5.75 Å². The predicted octanol–water partition coefficient (Wildman–Crippen LogP) is 3.43. The van der Waals surface area contributed by atoms with Crippen LogP contribution in [-0.2, 0) is 14.6 Å². The van der Waals surface area contributed by atoms with E-state index in [1.54, 1.807) is 0 Å². The summed E-state index contributed by atoms with van der Waals surface area (Å²) in [5.41, 5.74) is -0.226. The smallest absolute Gasteiger partial charge is 0.190 e. The Kier molecular flexibility index (Phi) is 4.21. The van der Waals surface area contributed by atoms with Gasteiger partial charge in [0.15, 0.2) is 21.4 Å². The van der Waals surface area contributed by atoms with Crippen LogP contribution >= 0.6 is 11.6 Å². The van der Waals surface area contributed by atoms with Gasteiger partial charge in [-0.2, -0.15) is 0 Å². The lowest BCUT2D eigenvalue weighted by Crippen LogP contribution is -2.61. The van der Waals surface area contributed by atoms with Gasteiger partial charge >= 0.3 is 0 Å². The van der Waals surface area contributed by atoms with Crippen molar-refractivity contribution in [2.75, 3.05) is 13.2 Å². The van der Waals surface area contributed by atoms with E-state index in [9.17, 15) is 17.2 Å². The number of sulfone groups is 1. The number of nitrogens with one attached hydrogen (secondary N) is 1. The molecule has 0 spiro atoms. The van der Waals surface area contributed by atoms with Crippen LogP contribution in [0.4, 0.5) is 8.78 Å². The zero-order chi connectivity index (χ0) is 18.5. The Bertz CT molecular complexity index is 965. The van der Waals surface area contributed by atoms with Crippen molar-refractivity contribution in [2.24, 2.45) is 0 Å². The molecule has 0 amide bonds. The highest BCUT2D eigenvalue weighted by Gasteiger charge is 2.58. The van der Waals surface area contributed by atoms with Crippen LogP contribution < -0.4 is 10.1 Å². The van der Waals surface area contributed by atoms with Gasteiger partial charge in [0.25, 0.3) is 0 Å². The first-order valence-corrected chi connectivity index (χ1v) is 10.1. The molecule has 8 heteroatoms. The Morgan fingerprint density at radius 3 is 2.54 bits per heavy atom. The topological polar surface area (TPSA) is 55.4 Å². The molecule has 138 valence electrons. The summed E-state index contributed by atoms with van der Waals surface area (Å²) in [7, 11) is -4.06. The molecule has 0 unspecified atom stereocenters. The molecular formula is C18H16ClF2NO3S. The number of halogens is 3. The highest BCUT2D eigenvalue weighted by Crippen LogP contribution is 2.51. The minimum atomic E-state index is -4.06. The maximum atomic E-state index is 14.8. The molecule has 26 heavy (non-hydrogen) atoms. The van der Waals surface area contributed by atoms with Crippen LogP contribution in [0.3, 0.4) is 0 Å². The molecule has 4 nitrogen and oxygen atoms in total. The highest BCUT2D eigenvalue weighted by molar-refractivity contribution is 7.92. The third kappa shape index (κ3) is 2.37. The van der Waals surface area contributed by atoms with Crippen molar-refractivity contribution in [3.8, 4) is 5.75 Å². The van der Waals surface area contributed by atoms with Crippen molar-refractivity contribution in [2.45, 2.75) is 28.5 Å². The molecule has 0 saturated carbocycles. The van der Waals surface area contributed by atoms with Gasteiger partial charge in [0.2, 0.25) is 0 Å². The Morgan fingerprint density at radius 2 is 1.81 bits per heavy atom. The van der Waals surface area contributed by atoms with E-state index in [1.165, 1.54) is 24.3 Å². The van der Waals surface area contributed by atoms with Crippen molar-refractivity contribution in [3.05, 3.63) is 58.6 Å². The Morgan fingerprint density at radius 1 is 1.12 bits per heavy atom. The van der Waals surface area contributed by atoms with E-state index in [1.807, 2.05) is 0 Å². The van der Waals surface area contributed by atoms with Crippen molar-refractivity contribution < 1.29 is 21.9 Å². The molecule has 0 aromatic heterocycles. The maximum Gasteiger partial charge on any atom is 0.190 e. The number of hydrogen-bond donors (Lipinski definition) is 1.